The third kappa shape index (κ3) is 19.9. The maximum absolute atomic E-state index is 12.1. The third-order valence-corrected chi connectivity index (χ3v) is 5.03. The van der Waals surface area contributed by atoms with Crippen molar-refractivity contribution < 1.29 is 14.6 Å². The van der Waals surface area contributed by atoms with E-state index in [1.165, 1.54) is 57.8 Å². The van der Waals surface area contributed by atoms with Gasteiger partial charge >= 0.3 is 5.97 Å². The van der Waals surface area contributed by atoms with Crippen LogP contribution >= 0.6 is 0 Å². The molecule has 0 spiro atoms. The minimum absolute atomic E-state index is 0.00473. The topological polar surface area (TPSA) is 58.6 Å². The van der Waals surface area contributed by atoms with Crippen LogP contribution in [0.25, 0.3) is 0 Å². The van der Waals surface area contributed by atoms with Crippen molar-refractivity contribution in [3.63, 3.8) is 0 Å². The van der Waals surface area contributed by atoms with Gasteiger partial charge in [-0.25, -0.2) is 0 Å². The largest absolute Gasteiger partial charge is 0.462 e. The Kier molecular flexibility index (Phi) is 21.2. The van der Waals surface area contributed by atoms with Crippen LogP contribution in [0.15, 0.2) is 0 Å². The van der Waals surface area contributed by atoms with Gasteiger partial charge in [-0.05, 0) is 51.6 Å². The number of ether oxygens (including phenoxy) is 1. The fraction of sp³-hybridized carbons (Fsp3) is 0.957. The molecule has 0 aromatic rings. The van der Waals surface area contributed by atoms with Crippen LogP contribution in [0, 0.1) is 0 Å². The van der Waals surface area contributed by atoms with Crippen LogP contribution in [0.3, 0.4) is 0 Å². The molecule has 0 radical (unpaired) electrons. The molecule has 0 saturated carbocycles. The van der Waals surface area contributed by atoms with Gasteiger partial charge in [0.15, 0.2) is 0 Å². The quantitative estimate of drug-likeness (QED) is 0.195. The Balaban J connectivity index is 3.59. The van der Waals surface area contributed by atoms with E-state index >= 15 is 0 Å². The van der Waals surface area contributed by atoms with E-state index < -0.39 is 0 Å². The summed E-state index contributed by atoms with van der Waals surface area (Å²) in [4.78, 5) is 12.1. The average Bonchev–Trinajstić information content (AvgIpc) is 2.66. The number of aliphatic hydroxyl groups excluding tert-OH is 1. The van der Waals surface area contributed by atoms with Crippen LogP contribution in [-0.2, 0) is 9.53 Å². The Morgan fingerprint density at radius 3 is 2.11 bits per heavy atom. The van der Waals surface area contributed by atoms with Crippen LogP contribution < -0.4 is 5.32 Å². The highest BCUT2D eigenvalue weighted by molar-refractivity contribution is 5.69. The van der Waals surface area contributed by atoms with E-state index in [-0.39, 0.29) is 18.7 Å². The van der Waals surface area contributed by atoms with E-state index in [0.717, 1.165) is 51.6 Å². The molecule has 0 bridgehead atoms. The second-order valence-electron chi connectivity index (χ2n) is 7.80. The number of carbonyl (C=O) groups is 1. The molecule has 1 unspecified atom stereocenters. The summed E-state index contributed by atoms with van der Waals surface area (Å²) in [6, 6.07) is 0. The molecular formula is C23H47NO3. The molecular weight excluding hydrogens is 338 g/mol. The number of nitrogens with one attached hydrogen (secondary N) is 1. The number of hydrogen-bond donors (Lipinski definition) is 2. The Hall–Kier alpha value is -0.610. The second-order valence-corrected chi connectivity index (χ2v) is 7.80. The number of esters is 1. The predicted octanol–water partition coefficient (Wildman–Crippen LogP) is 5.76. The molecule has 0 heterocycles. The summed E-state index contributed by atoms with van der Waals surface area (Å²) in [5.74, 6) is 0.00473. The van der Waals surface area contributed by atoms with E-state index in [2.05, 4.69) is 19.2 Å². The summed E-state index contributed by atoms with van der Waals surface area (Å²) in [7, 11) is 0. The van der Waals surface area contributed by atoms with Crippen molar-refractivity contribution in [2.24, 2.45) is 0 Å². The van der Waals surface area contributed by atoms with Gasteiger partial charge in [0, 0.05) is 13.0 Å². The maximum atomic E-state index is 12.1. The number of rotatable bonds is 21. The lowest BCUT2D eigenvalue weighted by Gasteiger charge is -2.17. The molecule has 0 saturated heterocycles. The number of unbranched alkanes of at least 4 members (excludes halogenated alkanes) is 9. The van der Waals surface area contributed by atoms with E-state index in [1.807, 2.05) is 0 Å². The molecule has 0 amide bonds. The van der Waals surface area contributed by atoms with Crippen molar-refractivity contribution >= 4 is 5.97 Å². The van der Waals surface area contributed by atoms with Crippen LogP contribution in [-0.4, -0.2) is 36.9 Å². The SMILES string of the molecule is CCCCCCCCC(CCC)OC(=O)CCCCCCCNCCCO. The van der Waals surface area contributed by atoms with Crippen LogP contribution in [0.1, 0.15) is 117 Å². The first-order chi connectivity index (χ1) is 13.2. The van der Waals surface area contributed by atoms with Gasteiger partial charge in [-0.3, -0.25) is 4.79 Å². The van der Waals surface area contributed by atoms with E-state index in [0.29, 0.717) is 6.42 Å². The van der Waals surface area contributed by atoms with Gasteiger partial charge < -0.3 is 15.2 Å². The van der Waals surface area contributed by atoms with Gasteiger partial charge in [0.05, 0.1) is 0 Å². The minimum Gasteiger partial charge on any atom is -0.462 e. The van der Waals surface area contributed by atoms with E-state index in [4.69, 9.17) is 9.84 Å². The smallest absolute Gasteiger partial charge is 0.306 e. The molecule has 27 heavy (non-hydrogen) atoms. The lowest BCUT2D eigenvalue weighted by molar-refractivity contribution is -0.150. The fourth-order valence-corrected chi connectivity index (χ4v) is 3.36. The summed E-state index contributed by atoms with van der Waals surface area (Å²) in [5, 5.41) is 12.0. The van der Waals surface area contributed by atoms with Gasteiger partial charge in [0.2, 0.25) is 0 Å². The predicted molar refractivity (Wildman–Crippen MR) is 115 cm³/mol. The van der Waals surface area contributed by atoms with Crippen molar-refractivity contribution in [2.75, 3.05) is 19.7 Å². The van der Waals surface area contributed by atoms with E-state index in [1.54, 1.807) is 0 Å². The first kappa shape index (κ1) is 26.4. The van der Waals surface area contributed by atoms with E-state index in [9.17, 15) is 4.79 Å². The molecule has 0 aliphatic carbocycles. The Morgan fingerprint density at radius 1 is 0.778 bits per heavy atom. The zero-order chi connectivity index (χ0) is 20.0. The molecule has 1 atom stereocenters. The maximum Gasteiger partial charge on any atom is 0.306 e. The van der Waals surface area contributed by atoms with Crippen molar-refractivity contribution in [3.8, 4) is 0 Å². The van der Waals surface area contributed by atoms with Crippen molar-refractivity contribution in [2.45, 2.75) is 123 Å². The molecule has 0 aromatic carbocycles. The Labute approximate surface area is 168 Å². The average molecular weight is 386 g/mol. The molecule has 0 aliphatic rings. The Morgan fingerprint density at radius 2 is 1.41 bits per heavy atom. The third-order valence-electron chi connectivity index (χ3n) is 5.03. The van der Waals surface area contributed by atoms with Gasteiger partial charge in [-0.15, -0.1) is 0 Å². The lowest BCUT2D eigenvalue weighted by atomic mass is 10.0. The normalized spacial score (nSPS) is 12.3. The summed E-state index contributed by atoms with van der Waals surface area (Å²) in [6.45, 7) is 6.61. The summed E-state index contributed by atoms with van der Waals surface area (Å²) >= 11 is 0. The summed E-state index contributed by atoms with van der Waals surface area (Å²) in [5.41, 5.74) is 0. The molecule has 4 heteroatoms. The summed E-state index contributed by atoms with van der Waals surface area (Å²) < 4.78 is 5.73. The lowest BCUT2D eigenvalue weighted by Crippen LogP contribution is -2.18. The van der Waals surface area contributed by atoms with Gasteiger partial charge in [0.25, 0.3) is 0 Å². The zero-order valence-electron chi connectivity index (χ0n) is 18.3. The molecule has 0 fully saturated rings. The van der Waals surface area contributed by atoms with Gasteiger partial charge in [0.1, 0.15) is 6.10 Å². The van der Waals surface area contributed by atoms with Crippen LogP contribution in [0.5, 0.6) is 0 Å². The Bertz CT molecular complexity index is 310. The van der Waals surface area contributed by atoms with Crippen molar-refractivity contribution in [1.29, 1.82) is 0 Å². The first-order valence-corrected chi connectivity index (χ1v) is 11.8. The number of aliphatic hydroxyl groups is 1. The van der Waals surface area contributed by atoms with Crippen molar-refractivity contribution in [3.05, 3.63) is 0 Å². The van der Waals surface area contributed by atoms with Crippen molar-refractivity contribution in [1.82, 2.24) is 5.32 Å². The minimum atomic E-state index is 0.00473. The van der Waals surface area contributed by atoms with Crippen LogP contribution in [0.2, 0.25) is 0 Å². The highest BCUT2D eigenvalue weighted by atomic mass is 16.5. The summed E-state index contributed by atoms with van der Waals surface area (Å²) in [6.07, 6.45) is 18.0. The second kappa shape index (κ2) is 21.7. The molecule has 162 valence electrons. The first-order valence-electron chi connectivity index (χ1n) is 11.8. The number of carbonyl (C=O) groups excluding carboxylic acids is 1. The molecule has 0 rings (SSSR count). The molecule has 4 nitrogen and oxygen atoms in total. The van der Waals surface area contributed by atoms with Crippen LogP contribution in [0.4, 0.5) is 0 Å². The van der Waals surface area contributed by atoms with Gasteiger partial charge in [-0.2, -0.15) is 0 Å². The number of hydrogen-bond acceptors (Lipinski definition) is 4. The van der Waals surface area contributed by atoms with Gasteiger partial charge in [-0.1, -0.05) is 71.6 Å². The monoisotopic (exact) mass is 385 g/mol. The molecule has 0 aliphatic heterocycles. The molecule has 2 N–H and O–H groups in total. The highest BCUT2D eigenvalue weighted by Crippen LogP contribution is 2.15. The highest BCUT2D eigenvalue weighted by Gasteiger charge is 2.13. The zero-order valence-corrected chi connectivity index (χ0v) is 18.3. The fourth-order valence-electron chi connectivity index (χ4n) is 3.36. The standard InChI is InChI=1S/C23H47NO3/c1-3-5-6-7-9-12-17-22(16-4-2)27-23(26)18-13-10-8-11-14-19-24-20-15-21-25/h22,24-25H,3-21H2,1-2H3. The molecule has 0 aromatic heterocycles.